The molecular weight excluding hydrogens is 320 g/mol. The van der Waals surface area contributed by atoms with Crippen molar-refractivity contribution >= 4 is 35.1 Å². The van der Waals surface area contributed by atoms with Gasteiger partial charge in [-0.25, -0.2) is 0 Å². The van der Waals surface area contributed by atoms with E-state index in [-0.39, 0.29) is 38.0 Å². The number of fused-ring (bicyclic) bond motifs is 1. The Kier molecular flexibility index (Phi) is 7.30. The molecule has 98 valence electrons. The first-order valence-electron chi connectivity index (χ1n) is 6.65. The Bertz CT molecular complexity index is 567. The van der Waals surface area contributed by atoms with Crippen molar-refractivity contribution in [1.82, 2.24) is 5.32 Å². The molecule has 0 unspecified atom stereocenters. The van der Waals surface area contributed by atoms with Crippen LogP contribution in [0.2, 0.25) is 0 Å². The molecule has 1 aliphatic rings. The van der Waals surface area contributed by atoms with Crippen molar-refractivity contribution in [2.75, 3.05) is 6.54 Å². The van der Waals surface area contributed by atoms with E-state index in [1.54, 1.807) is 0 Å². The molecule has 1 nitrogen and oxygen atoms in total. The zero-order chi connectivity index (χ0) is 12.5. The Morgan fingerprint density at radius 1 is 1.05 bits per heavy atom. The maximum Gasteiger partial charge on any atom is 1.00 e. The summed E-state index contributed by atoms with van der Waals surface area (Å²) in [5.74, 6) is 0.816. The standard InChI is InChI=1S/C16H18BrN.B.Na/c1-11-2-7-16(18-10-11)13-4-3-12-5-6-15(17)9-14(12)8-13;;/h3-6,8-9,11,16,18H,2,7,10H2,1H3;;/q;-1;+1/t11-,16+;;/m0../s1. The molecule has 20 heavy (non-hydrogen) atoms. The topological polar surface area (TPSA) is 12.0 Å². The molecule has 1 heterocycles. The van der Waals surface area contributed by atoms with E-state index >= 15 is 0 Å². The largest absolute Gasteiger partial charge is 1.00 e. The first kappa shape index (κ1) is 18.3. The Morgan fingerprint density at radius 3 is 2.50 bits per heavy atom. The minimum atomic E-state index is 0. The van der Waals surface area contributed by atoms with Crippen LogP contribution >= 0.6 is 15.9 Å². The van der Waals surface area contributed by atoms with Crippen LogP contribution in [0.15, 0.2) is 40.9 Å². The predicted octanol–water partition coefficient (Wildman–Crippen LogP) is 1.29. The second-order valence-corrected chi connectivity index (χ2v) is 6.31. The van der Waals surface area contributed by atoms with Crippen molar-refractivity contribution in [2.24, 2.45) is 5.92 Å². The fourth-order valence-electron chi connectivity index (χ4n) is 2.74. The van der Waals surface area contributed by atoms with E-state index in [2.05, 4.69) is 64.6 Å². The molecule has 1 fully saturated rings. The van der Waals surface area contributed by atoms with Crippen LogP contribution in [-0.2, 0) is 0 Å². The van der Waals surface area contributed by atoms with Crippen LogP contribution in [0.25, 0.3) is 10.8 Å². The van der Waals surface area contributed by atoms with Gasteiger partial charge in [0.2, 0.25) is 0 Å². The average molecular weight is 338 g/mol. The number of hydrogen-bond acceptors (Lipinski definition) is 1. The van der Waals surface area contributed by atoms with Gasteiger partial charge < -0.3 is 13.7 Å². The summed E-state index contributed by atoms with van der Waals surface area (Å²) in [4.78, 5) is 0. The molecule has 2 aromatic carbocycles. The van der Waals surface area contributed by atoms with Crippen LogP contribution in [0.1, 0.15) is 31.4 Å². The van der Waals surface area contributed by atoms with Crippen LogP contribution in [0.4, 0.5) is 0 Å². The minimum Gasteiger partial charge on any atom is -1.00 e. The fourth-order valence-corrected chi connectivity index (χ4v) is 3.11. The zero-order valence-corrected chi connectivity index (χ0v) is 15.8. The number of rotatable bonds is 1. The van der Waals surface area contributed by atoms with E-state index in [0.717, 1.165) is 16.9 Å². The molecule has 0 aliphatic carbocycles. The zero-order valence-electron chi connectivity index (χ0n) is 12.2. The SMILES string of the molecule is C[C@H]1CC[C@H](c2ccc3ccc(Br)cc3c2)NC1.[B-].[Na+]. The molecule has 2 aromatic rings. The summed E-state index contributed by atoms with van der Waals surface area (Å²) >= 11 is 3.55. The molecule has 0 saturated carbocycles. The van der Waals surface area contributed by atoms with E-state index < -0.39 is 0 Å². The summed E-state index contributed by atoms with van der Waals surface area (Å²) in [7, 11) is 0. The third-order valence-corrected chi connectivity index (χ3v) is 4.38. The van der Waals surface area contributed by atoms with Gasteiger partial charge in [-0.15, -0.1) is 0 Å². The van der Waals surface area contributed by atoms with Crippen LogP contribution in [0, 0.1) is 5.92 Å². The number of piperidine rings is 1. The molecule has 0 amide bonds. The summed E-state index contributed by atoms with van der Waals surface area (Å²) < 4.78 is 1.15. The van der Waals surface area contributed by atoms with Gasteiger partial charge in [0.1, 0.15) is 0 Å². The third kappa shape index (κ3) is 4.11. The van der Waals surface area contributed by atoms with Crippen molar-refractivity contribution < 1.29 is 29.6 Å². The predicted molar refractivity (Wildman–Crippen MR) is 86.5 cm³/mol. The smallest absolute Gasteiger partial charge is 1.00 e. The molecule has 2 atom stereocenters. The maximum absolute atomic E-state index is 3.65. The van der Waals surface area contributed by atoms with Gasteiger partial charge in [-0.05, 0) is 59.8 Å². The van der Waals surface area contributed by atoms with E-state index in [0.29, 0.717) is 6.04 Å². The molecule has 4 radical (unpaired) electrons. The van der Waals surface area contributed by atoms with Crippen LogP contribution in [-0.4, -0.2) is 15.0 Å². The summed E-state index contributed by atoms with van der Waals surface area (Å²) in [6, 6.07) is 13.8. The van der Waals surface area contributed by atoms with Crippen LogP contribution in [0.5, 0.6) is 0 Å². The summed E-state index contributed by atoms with van der Waals surface area (Å²) in [6.07, 6.45) is 2.58. The first-order chi connectivity index (χ1) is 8.72. The average Bonchev–Trinajstić information content (AvgIpc) is 2.38. The number of hydrogen-bond donors (Lipinski definition) is 1. The monoisotopic (exact) mass is 337 g/mol. The molecule has 0 aromatic heterocycles. The Morgan fingerprint density at radius 2 is 1.80 bits per heavy atom. The quantitative estimate of drug-likeness (QED) is 0.773. The molecule has 1 aliphatic heterocycles. The van der Waals surface area contributed by atoms with Crippen molar-refractivity contribution in [3.8, 4) is 0 Å². The van der Waals surface area contributed by atoms with Crippen molar-refractivity contribution in [3.05, 3.63) is 46.4 Å². The Labute approximate surface area is 153 Å². The second-order valence-electron chi connectivity index (χ2n) is 5.39. The molecule has 1 N–H and O–H groups in total. The summed E-state index contributed by atoms with van der Waals surface area (Å²) in [6.45, 7) is 3.46. The van der Waals surface area contributed by atoms with E-state index in [4.69, 9.17) is 0 Å². The summed E-state index contributed by atoms with van der Waals surface area (Å²) in [5, 5.41) is 6.29. The van der Waals surface area contributed by atoms with Gasteiger partial charge in [0.05, 0.1) is 0 Å². The molecule has 0 bridgehead atoms. The van der Waals surface area contributed by atoms with E-state index in [1.807, 2.05) is 0 Å². The van der Waals surface area contributed by atoms with Gasteiger partial charge in [0.15, 0.2) is 0 Å². The van der Waals surface area contributed by atoms with Gasteiger partial charge in [-0.2, -0.15) is 0 Å². The molecule has 3 rings (SSSR count). The van der Waals surface area contributed by atoms with Crippen LogP contribution < -0.4 is 34.9 Å². The van der Waals surface area contributed by atoms with Gasteiger partial charge >= 0.3 is 29.6 Å². The molecule has 1 saturated heterocycles. The normalized spacial score (nSPS) is 21.9. The number of nitrogens with one attached hydrogen (secondary N) is 1. The minimum absolute atomic E-state index is 0. The number of halogens is 1. The second kappa shape index (κ2) is 8.00. The van der Waals surface area contributed by atoms with Gasteiger partial charge in [0, 0.05) is 10.5 Å². The molecule has 4 heteroatoms. The first-order valence-corrected chi connectivity index (χ1v) is 7.44. The summed E-state index contributed by atoms with van der Waals surface area (Å²) in [5.41, 5.74) is 1.42. The van der Waals surface area contributed by atoms with E-state index in [9.17, 15) is 0 Å². The third-order valence-electron chi connectivity index (χ3n) is 3.89. The Balaban J connectivity index is 0.000001000. The van der Waals surface area contributed by atoms with Gasteiger partial charge in [0.25, 0.3) is 0 Å². The van der Waals surface area contributed by atoms with Gasteiger partial charge in [-0.1, -0.05) is 41.1 Å². The van der Waals surface area contributed by atoms with Gasteiger partial charge in [-0.3, -0.25) is 0 Å². The van der Waals surface area contributed by atoms with E-state index in [1.165, 1.54) is 29.2 Å². The number of benzene rings is 2. The Hall–Kier alpha value is 0.205. The molecule has 0 spiro atoms. The van der Waals surface area contributed by atoms with Crippen molar-refractivity contribution in [3.63, 3.8) is 0 Å². The van der Waals surface area contributed by atoms with Crippen LogP contribution in [0.3, 0.4) is 0 Å². The maximum atomic E-state index is 3.65. The fraction of sp³-hybridized carbons (Fsp3) is 0.375. The molecular formula is C16H18BBrNNa. The van der Waals surface area contributed by atoms with Crippen molar-refractivity contribution in [1.29, 1.82) is 0 Å². The van der Waals surface area contributed by atoms with Crippen molar-refractivity contribution in [2.45, 2.75) is 25.8 Å².